The van der Waals surface area contributed by atoms with Crippen LogP contribution in [0, 0.1) is 11.3 Å². The average Bonchev–Trinajstić information content (AvgIpc) is 2.67. The van der Waals surface area contributed by atoms with Gasteiger partial charge in [0.05, 0.1) is 11.6 Å². The minimum atomic E-state index is -0.605. The average molecular weight is 401 g/mol. The van der Waals surface area contributed by atoms with Crippen LogP contribution in [0.1, 0.15) is 12.5 Å². The van der Waals surface area contributed by atoms with E-state index in [4.69, 9.17) is 21.1 Å². The van der Waals surface area contributed by atoms with Crippen LogP contribution < -0.4 is 10.1 Å². The normalized spacial score (nSPS) is 10.7. The number of ether oxygens (including phenoxy) is 2. The molecule has 8 heteroatoms. The van der Waals surface area contributed by atoms with Crippen molar-refractivity contribution in [1.82, 2.24) is 0 Å². The highest BCUT2D eigenvalue weighted by atomic mass is 35.5. The maximum Gasteiger partial charge on any atom is 0.344 e. The molecule has 2 N–H and O–H groups in total. The van der Waals surface area contributed by atoms with E-state index in [1.165, 1.54) is 42.5 Å². The van der Waals surface area contributed by atoms with Gasteiger partial charge in [0.15, 0.2) is 6.61 Å². The van der Waals surface area contributed by atoms with E-state index in [-0.39, 0.29) is 35.3 Å². The maximum absolute atomic E-state index is 12.3. The Balaban J connectivity index is 2.09. The standard InChI is InChI=1S/C20H17ClN2O5/c1-2-27-19(25)12-28-18-8-3-13(10-17(18)21)9-14(11-22)20(26)23-15-4-6-16(24)7-5-15/h3-10,24H,2,12H2,1H3,(H,23,26)/b14-9+. The smallest absolute Gasteiger partial charge is 0.344 e. The molecule has 0 radical (unpaired) electrons. The SMILES string of the molecule is CCOC(=O)COc1ccc(/C=C(\C#N)C(=O)Nc2ccc(O)cc2)cc1Cl. The number of nitrogens with one attached hydrogen (secondary N) is 1. The minimum absolute atomic E-state index is 0.0638. The molecule has 0 saturated heterocycles. The van der Waals surface area contributed by atoms with Crippen LogP contribution in [0.25, 0.3) is 6.08 Å². The van der Waals surface area contributed by atoms with E-state index in [1.54, 1.807) is 13.0 Å². The van der Waals surface area contributed by atoms with E-state index >= 15 is 0 Å². The lowest BCUT2D eigenvalue weighted by molar-refractivity contribution is -0.145. The number of halogens is 1. The molecule has 7 nitrogen and oxygen atoms in total. The molecule has 1 amide bonds. The van der Waals surface area contributed by atoms with Crippen molar-refractivity contribution in [3.05, 3.63) is 58.6 Å². The van der Waals surface area contributed by atoms with Crippen molar-refractivity contribution in [3.8, 4) is 17.6 Å². The summed E-state index contributed by atoms with van der Waals surface area (Å²) in [6, 6.07) is 12.3. The fourth-order valence-corrected chi connectivity index (χ4v) is 2.37. The number of carbonyl (C=O) groups is 2. The summed E-state index contributed by atoms with van der Waals surface area (Å²) in [5.74, 6) is -0.778. The number of hydrogen-bond acceptors (Lipinski definition) is 6. The van der Waals surface area contributed by atoms with Gasteiger partial charge in [-0.2, -0.15) is 5.26 Å². The summed E-state index contributed by atoms with van der Waals surface area (Å²) in [4.78, 5) is 23.6. The molecule has 0 aliphatic rings. The van der Waals surface area contributed by atoms with Gasteiger partial charge in [0.25, 0.3) is 5.91 Å². The number of nitriles is 1. The van der Waals surface area contributed by atoms with Gasteiger partial charge < -0.3 is 19.9 Å². The van der Waals surface area contributed by atoms with E-state index in [1.807, 2.05) is 6.07 Å². The summed E-state index contributed by atoms with van der Waals surface area (Å²) in [6.45, 7) is 1.67. The molecular formula is C20H17ClN2O5. The quantitative estimate of drug-likeness (QED) is 0.318. The first kappa shape index (κ1) is 20.8. The molecule has 0 aromatic heterocycles. The second-order valence-corrected chi connectivity index (χ2v) is 5.86. The summed E-state index contributed by atoms with van der Waals surface area (Å²) in [6.07, 6.45) is 1.37. The number of amides is 1. The molecule has 0 bridgehead atoms. The highest BCUT2D eigenvalue weighted by Crippen LogP contribution is 2.26. The van der Waals surface area contributed by atoms with Crippen LogP contribution in [0.3, 0.4) is 0 Å². The Labute approximate surface area is 166 Å². The third-order valence-corrected chi connectivity index (χ3v) is 3.70. The summed E-state index contributed by atoms with van der Waals surface area (Å²) in [5.41, 5.74) is 0.805. The molecule has 0 aliphatic heterocycles. The van der Waals surface area contributed by atoms with Crippen LogP contribution >= 0.6 is 11.6 Å². The van der Waals surface area contributed by atoms with Crippen LogP contribution in [0.15, 0.2) is 48.0 Å². The number of anilines is 1. The molecule has 2 aromatic carbocycles. The van der Waals surface area contributed by atoms with E-state index in [9.17, 15) is 20.0 Å². The van der Waals surface area contributed by atoms with Gasteiger partial charge in [-0.1, -0.05) is 17.7 Å². The van der Waals surface area contributed by atoms with Crippen LogP contribution in [0.4, 0.5) is 5.69 Å². The van der Waals surface area contributed by atoms with Crippen molar-refractivity contribution >= 4 is 35.2 Å². The third kappa shape index (κ3) is 6.04. The first-order valence-corrected chi connectivity index (χ1v) is 8.61. The number of aromatic hydroxyl groups is 1. The summed E-state index contributed by atoms with van der Waals surface area (Å²) in [5, 5.41) is 21.3. The van der Waals surface area contributed by atoms with Gasteiger partial charge in [-0.15, -0.1) is 0 Å². The number of phenols is 1. The number of rotatable bonds is 7. The molecule has 0 atom stereocenters. The van der Waals surface area contributed by atoms with E-state index in [2.05, 4.69) is 5.32 Å². The largest absolute Gasteiger partial charge is 0.508 e. The van der Waals surface area contributed by atoms with Crippen molar-refractivity contribution in [2.75, 3.05) is 18.5 Å². The summed E-state index contributed by atoms with van der Waals surface area (Å²) < 4.78 is 10.0. The van der Waals surface area contributed by atoms with Gasteiger partial charge in [-0.05, 0) is 55.0 Å². The van der Waals surface area contributed by atoms with Gasteiger partial charge in [0.2, 0.25) is 0 Å². The zero-order chi connectivity index (χ0) is 20.5. The molecule has 0 heterocycles. The molecule has 0 unspecified atom stereocenters. The fraction of sp³-hybridized carbons (Fsp3) is 0.150. The minimum Gasteiger partial charge on any atom is -0.508 e. The zero-order valence-electron chi connectivity index (χ0n) is 14.9. The van der Waals surface area contributed by atoms with E-state index in [0.717, 1.165) is 0 Å². The van der Waals surface area contributed by atoms with Crippen molar-refractivity contribution in [2.45, 2.75) is 6.92 Å². The molecular weight excluding hydrogens is 384 g/mol. The van der Waals surface area contributed by atoms with Gasteiger partial charge >= 0.3 is 5.97 Å². The lowest BCUT2D eigenvalue weighted by atomic mass is 10.1. The van der Waals surface area contributed by atoms with Crippen molar-refractivity contribution in [1.29, 1.82) is 5.26 Å². The Morgan fingerprint density at radius 2 is 1.96 bits per heavy atom. The van der Waals surface area contributed by atoms with Crippen LogP contribution in [0.5, 0.6) is 11.5 Å². The Hall–Kier alpha value is -3.50. The van der Waals surface area contributed by atoms with Crippen molar-refractivity contribution in [2.24, 2.45) is 0 Å². The first-order valence-electron chi connectivity index (χ1n) is 8.23. The molecule has 0 aliphatic carbocycles. The number of nitrogens with zero attached hydrogens (tertiary/aromatic N) is 1. The van der Waals surface area contributed by atoms with Crippen LogP contribution in [-0.2, 0) is 14.3 Å². The molecule has 0 fully saturated rings. The molecule has 2 rings (SSSR count). The lowest BCUT2D eigenvalue weighted by Crippen LogP contribution is -2.14. The van der Waals surface area contributed by atoms with Crippen LogP contribution in [0.2, 0.25) is 5.02 Å². The number of hydrogen-bond donors (Lipinski definition) is 2. The molecule has 0 spiro atoms. The maximum atomic E-state index is 12.3. The van der Waals surface area contributed by atoms with Gasteiger partial charge in [-0.3, -0.25) is 4.79 Å². The van der Waals surface area contributed by atoms with E-state index < -0.39 is 11.9 Å². The van der Waals surface area contributed by atoms with Gasteiger partial charge in [0.1, 0.15) is 23.1 Å². The fourth-order valence-electron chi connectivity index (χ4n) is 2.12. The topological polar surface area (TPSA) is 109 Å². The second kappa shape index (κ2) is 10.00. The van der Waals surface area contributed by atoms with Gasteiger partial charge in [0, 0.05) is 5.69 Å². The molecule has 28 heavy (non-hydrogen) atoms. The monoisotopic (exact) mass is 400 g/mol. The van der Waals surface area contributed by atoms with Crippen molar-refractivity contribution < 1.29 is 24.2 Å². The molecule has 144 valence electrons. The Kier molecular flexibility index (Phi) is 7.43. The summed E-state index contributed by atoms with van der Waals surface area (Å²) >= 11 is 6.13. The highest BCUT2D eigenvalue weighted by Gasteiger charge is 2.11. The van der Waals surface area contributed by atoms with Crippen molar-refractivity contribution in [3.63, 3.8) is 0 Å². The van der Waals surface area contributed by atoms with Gasteiger partial charge in [-0.25, -0.2) is 4.79 Å². The van der Waals surface area contributed by atoms with E-state index in [0.29, 0.717) is 11.3 Å². The summed E-state index contributed by atoms with van der Waals surface area (Å²) in [7, 11) is 0. The predicted octanol–water partition coefficient (Wildman–Crippen LogP) is 3.53. The second-order valence-electron chi connectivity index (χ2n) is 5.45. The van der Waals surface area contributed by atoms with Crippen LogP contribution in [-0.4, -0.2) is 30.2 Å². The number of carbonyl (C=O) groups excluding carboxylic acids is 2. The first-order chi connectivity index (χ1) is 13.4. The Morgan fingerprint density at radius 1 is 1.25 bits per heavy atom. The number of esters is 1. The number of benzene rings is 2. The Bertz CT molecular complexity index is 933. The number of phenolic OH excluding ortho intramolecular Hbond substituents is 1. The lowest BCUT2D eigenvalue weighted by Gasteiger charge is -2.08. The molecule has 2 aromatic rings. The highest BCUT2D eigenvalue weighted by molar-refractivity contribution is 6.32. The predicted molar refractivity (Wildman–Crippen MR) is 104 cm³/mol. The zero-order valence-corrected chi connectivity index (χ0v) is 15.7. The Morgan fingerprint density at radius 3 is 2.57 bits per heavy atom. The third-order valence-electron chi connectivity index (χ3n) is 3.41. The molecule has 0 saturated carbocycles.